The van der Waals surface area contributed by atoms with E-state index >= 15 is 0 Å². The Hall–Kier alpha value is -5.23. The van der Waals surface area contributed by atoms with Crippen LogP contribution in [-0.4, -0.2) is 37.2 Å². The molecule has 0 radical (unpaired) electrons. The van der Waals surface area contributed by atoms with Crippen LogP contribution in [0.5, 0.6) is 0 Å². The van der Waals surface area contributed by atoms with Crippen LogP contribution in [0.1, 0.15) is 213 Å². The van der Waals surface area contributed by atoms with Crippen molar-refractivity contribution >= 4 is 17.9 Å². The third-order valence-electron chi connectivity index (χ3n) is 11.2. The van der Waals surface area contributed by atoms with Crippen molar-refractivity contribution in [2.45, 2.75) is 219 Å². The van der Waals surface area contributed by atoms with Gasteiger partial charge in [0.2, 0.25) is 0 Å². The highest BCUT2D eigenvalue weighted by Crippen LogP contribution is 2.11. The summed E-state index contributed by atoms with van der Waals surface area (Å²) >= 11 is 0. The molecule has 406 valence electrons. The van der Waals surface area contributed by atoms with Gasteiger partial charge in [-0.15, -0.1) is 0 Å². The van der Waals surface area contributed by atoms with Crippen LogP contribution < -0.4 is 0 Å². The first-order valence-corrected chi connectivity index (χ1v) is 28.6. The molecule has 0 aliphatic rings. The molecule has 1 atom stereocenters. The molecular formula is C67H102O6. The van der Waals surface area contributed by atoms with Crippen LogP contribution in [0.25, 0.3) is 0 Å². The monoisotopic (exact) mass is 1000 g/mol. The van der Waals surface area contributed by atoms with Gasteiger partial charge in [0.25, 0.3) is 0 Å². The Bertz CT molecular complexity index is 1720. The van der Waals surface area contributed by atoms with E-state index in [-0.39, 0.29) is 37.5 Å². The number of carbonyl (C=O) groups is 3. The van der Waals surface area contributed by atoms with E-state index < -0.39 is 6.10 Å². The second-order valence-electron chi connectivity index (χ2n) is 18.1. The lowest BCUT2D eigenvalue weighted by atomic mass is 10.1. The Labute approximate surface area is 447 Å². The molecule has 0 aromatic heterocycles. The third-order valence-corrected chi connectivity index (χ3v) is 11.2. The molecule has 1 unspecified atom stereocenters. The van der Waals surface area contributed by atoms with Gasteiger partial charge >= 0.3 is 17.9 Å². The quantitative estimate of drug-likeness (QED) is 0.0261. The van der Waals surface area contributed by atoms with Crippen LogP contribution in [0.15, 0.2) is 170 Å². The lowest BCUT2D eigenvalue weighted by Gasteiger charge is -2.18. The maximum atomic E-state index is 12.8. The number of carbonyl (C=O) groups excluding carboxylic acids is 3. The number of hydrogen-bond donors (Lipinski definition) is 0. The number of allylic oxidation sites excluding steroid dienone is 28. The molecule has 73 heavy (non-hydrogen) atoms. The van der Waals surface area contributed by atoms with Gasteiger partial charge in [-0.2, -0.15) is 0 Å². The Morgan fingerprint density at radius 3 is 0.877 bits per heavy atom. The largest absolute Gasteiger partial charge is 0.462 e. The van der Waals surface area contributed by atoms with Gasteiger partial charge in [0.1, 0.15) is 13.2 Å². The topological polar surface area (TPSA) is 78.9 Å². The van der Waals surface area contributed by atoms with E-state index in [0.717, 1.165) is 141 Å². The number of hydrogen-bond acceptors (Lipinski definition) is 6. The van der Waals surface area contributed by atoms with Gasteiger partial charge in [-0.05, 0) is 128 Å². The maximum absolute atomic E-state index is 12.8. The average Bonchev–Trinajstić information content (AvgIpc) is 3.39. The number of ether oxygens (including phenoxy) is 3. The molecule has 6 heteroatoms. The summed E-state index contributed by atoms with van der Waals surface area (Å²) in [6.07, 6.45) is 88.0. The second kappa shape index (κ2) is 59.3. The van der Waals surface area contributed by atoms with Gasteiger partial charge in [0.05, 0.1) is 0 Å². The molecule has 0 saturated carbocycles. The molecule has 0 bridgehead atoms. The van der Waals surface area contributed by atoms with Crippen molar-refractivity contribution in [3.63, 3.8) is 0 Å². The van der Waals surface area contributed by atoms with Crippen molar-refractivity contribution in [2.24, 2.45) is 0 Å². The van der Waals surface area contributed by atoms with Crippen molar-refractivity contribution in [1.82, 2.24) is 0 Å². The highest BCUT2D eigenvalue weighted by Gasteiger charge is 2.19. The summed E-state index contributed by atoms with van der Waals surface area (Å²) in [5.74, 6) is -1.03. The minimum Gasteiger partial charge on any atom is -0.462 e. The van der Waals surface area contributed by atoms with Gasteiger partial charge in [0.15, 0.2) is 6.10 Å². The van der Waals surface area contributed by atoms with Crippen LogP contribution >= 0.6 is 0 Å². The lowest BCUT2D eigenvalue weighted by molar-refractivity contribution is -0.167. The van der Waals surface area contributed by atoms with E-state index in [4.69, 9.17) is 14.2 Å². The zero-order chi connectivity index (χ0) is 52.9. The molecule has 0 N–H and O–H groups in total. The summed E-state index contributed by atoms with van der Waals surface area (Å²) in [5, 5.41) is 0. The van der Waals surface area contributed by atoms with Crippen LogP contribution in [0.3, 0.4) is 0 Å². The molecular weight excluding hydrogens is 901 g/mol. The molecule has 0 saturated heterocycles. The van der Waals surface area contributed by atoms with Gasteiger partial charge in [-0.1, -0.05) is 236 Å². The minimum absolute atomic E-state index is 0.119. The molecule has 0 amide bonds. The van der Waals surface area contributed by atoms with E-state index in [1.54, 1.807) is 0 Å². The van der Waals surface area contributed by atoms with Gasteiger partial charge in [0, 0.05) is 19.3 Å². The third kappa shape index (κ3) is 57.5. The molecule has 0 aliphatic heterocycles. The first kappa shape index (κ1) is 67.8. The SMILES string of the molecule is CC/C=C\C/C=C\C/C=C\C/C=C\C/C=C\C/C=C\C/C=C\C/C=C\C/C=C\CCCCCC(=O)OCC(COC(=O)CCCCCCCCC)OC(=O)CCC/C=C\C/C=C\C/C=C\C/C=C\C/C=C\CC. The summed E-state index contributed by atoms with van der Waals surface area (Å²) in [6, 6.07) is 0. The van der Waals surface area contributed by atoms with Crippen molar-refractivity contribution in [2.75, 3.05) is 13.2 Å². The van der Waals surface area contributed by atoms with Crippen LogP contribution in [0.4, 0.5) is 0 Å². The molecule has 0 fully saturated rings. The fraction of sp³-hybridized carbons (Fsp3) is 0.537. The summed E-state index contributed by atoms with van der Waals surface area (Å²) < 4.78 is 16.7. The smallest absolute Gasteiger partial charge is 0.306 e. The Balaban J connectivity index is 4.35. The molecule has 6 nitrogen and oxygen atoms in total. The number of esters is 3. The highest BCUT2D eigenvalue weighted by atomic mass is 16.6. The predicted octanol–water partition coefficient (Wildman–Crippen LogP) is 19.5. The van der Waals surface area contributed by atoms with E-state index in [1.165, 1.54) is 25.7 Å². The second-order valence-corrected chi connectivity index (χ2v) is 18.1. The summed E-state index contributed by atoms with van der Waals surface area (Å²) in [4.78, 5) is 37.9. The summed E-state index contributed by atoms with van der Waals surface area (Å²) in [5.41, 5.74) is 0. The first-order chi connectivity index (χ1) is 36.0. The van der Waals surface area contributed by atoms with Crippen molar-refractivity contribution < 1.29 is 28.6 Å². The van der Waals surface area contributed by atoms with Gasteiger partial charge in [-0.25, -0.2) is 0 Å². The zero-order valence-electron chi connectivity index (χ0n) is 46.3. The van der Waals surface area contributed by atoms with Crippen molar-refractivity contribution in [1.29, 1.82) is 0 Å². The first-order valence-electron chi connectivity index (χ1n) is 28.6. The highest BCUT2D eigenvalue weighted by molar-refractivity contribution is 5.71. The molecule has 0 aromatic rings. The van der Waals surface area contributed by atoms with Gasteiger partial charge < -0.3 is 14.2 Å². The molecule has 0 rings (SSSR count). The molecule has 0 aliphatic carbocycles. The Morgan fingerprint density at radius 1 is 0.288 bits per heavy atom. The average molecular weight is 1000 g/mol. The Morgan fingerprint density at radius 2 is 0.548 bits per heavy atom. The Kier molecular flexibility index (Phi) is 55.1. The standard InChI is InChI=1S/C67H102O6/c1-4-7-10-13-16-18-20-22-24-26-27-28-29-30-31-32-33-34-35-36-37-38-39-41-42-44-46-48-51-54-57-60-66(69)72-63-64(62-71-65(68)59-56-53-50-15-12-9-6-3)73-67(70)61-58-55-52-49-47-45-43-40-25-23-21-19-17-14-11-8-5-2/h7-8,10-11,16-19,22-25,27-28,30-31,33-34,36-37,39,41,43-46,49,52,64H,4-6,9,12-15,20-21,26,29,32,35,38,40,42,47-48,50-51,53-63H2,1-3H3/b10-7-,11-8-,18-16-,19-17-,24-22-,25-23-,28-27-,31-30-,34-33-,37-36-,41-39-,45-43-,46-44-,52-49-. The van der Waals surface area contributed by atoms with E-state index in [9.17, 15) is 14.4 Å². The zero-order valence-corrected chi connectivity index (χ0v) is 46.3. The fourth-order valence-electron chi connectivity index (χ4n) is 7.00. The molecule has 0 aromatic carbocycles. The van der Waals surface area contributed by atoms with Crippen LogP contribution in [0, 0.1) is 0 Å². The summed E-state index contributed by atoms with van der Waals surface area (Å²) in [6.45, 7) is 6.26. The van der Waals surface area contributed by atoms with E-state index in [0.29, 0.717) is 19.3 Å². The number of unbranched alkanes of at least 4 members (excludes halogenated alkanes) is 10. The number of rotatable bonds is 49. The van der Waals surface area contributed by atoms with Crippen molar-refractivity contribution in [3.8, 4) is 0 Å². The van der Waals surface area contributed by atoms with E-state index in [1.807, 2.05) is 0 Å². The van der Waals surface area contributed by atoms with Crippen LogP contribution in [-0.2, 0) is 28.6 Å². The van der Waals surface area contributed by atoms with Crippen molar-refractivity contribution in [3.05, 3.63) is 170 Å². The lowest BCUT2D eigenvalue weighted by Crippen LogP contribution is -2.30. The normalized spacial score (nSPS) is 13.4. The summed E-state index contributed by atoms with van der Waals surface area (Å²) in [7, 11) is 0. The van der Waals surface area contributed by atoms with E-state index in [2.05, 4.69) is 191 Å². The molecule has 0 heterocycles. The maximum Gasteiger partial charge on any atom is 0.306 e. The van der Waals surface area contributed by atoms with Gasteiger partial charge in [-0.3, -0.25) is 14.4 Å². The fourth-order valence-corrected chi connectivity index (χ4v) is 7.00. The van der Waals surface area contributed by atoms with Crippen LogP contribution in [0.2, 0.25) is 0 Å². The minimum atomic E-state index is -0.827. The molecule has 0 spiro atoms. The predicted molar refractivity (Wildman–Crippen MR) is 315 cm³/mol.